The fourth-order valence-corrected chi connectivity index (χ4v) is 4.61. The summed E-state index contributed by atoms with van der Waals surface area (Å²) in [6.07, 6.45) is 0.570. The molecule has 0 saturated heterocycles. The number of hydrogen-bond donors (Lipinski definition) is 2. The zero-order chi connectivity index (χ0) is 23.8. The first-order valence-electron chi connectivity index (χ1n) is 10.5. The average molecular weight is 472 g/mol. The molecular weight excluding hydrogens is 446 g/mol. The number of nitrogens with one attached hydrogen (secondary N) is 2. The van der Waals surface area contributed by atoms with Crippen LogP contribution in [0.25, 0.3) is 11.0 Å². The van der Waals surface area contributed by atoms with Gasteiger partial charge in [0.2, 0.25) is 15.9 Å². The van der Waals surface area contributed by atoms with Crippen LogP contribution in [0.5, 0.6) is 5.75 Å². The molecule has 1 aromatic heterocycles. The number of rotatable bonds is 7. The molecule has 174 valence electrons. The van der Waals surface area contributed by atoms with Crippen LogP contribution in [0.4, 0.5) is 11.4 Å². The van der Waals surface area contributed by atoms with Crippen LogP contribution in [-0.2, 0) is 32.6 Å². The molecule has 1 aliphatic heterocycles. The van der Waals surface area contributed by atoms with E-state index in [-0.39, 0.29) is 29.7 Å². The van der Waals surface area contributed by atoms with Crippen LogP contribution >= 0.6 is 0 Å². The number of anilines is 2. The predicted molar refractivity (Wildman–Crippen MR) is 124 cm³/mol. The summed E-state index contributed by atoms with van der Waals surface area (Å²) < 4.78 is 33.3. The van der Waals surface area contributed by atoms with Crippen molar-refractivity contribution in [2.24, 2.45) is 0 Å². The topological polar surface area (TPSA) is 123 Å². The van der Waals surface area contributed by atoms with Crippen molar-refractivity contribution in [3.8, 4) is 5.75 Å². The quantitative estimate of drug-likeness (QED) is 0.545. The minimum Gasteiger partial charge on any atom is -0.482 e. The second kappa shape index (κ2) is 8.83. The van der Waals surface area contributed by atoms with Crippen molar-refractivity contribution < 1.29 is 22.7 Å². The van der Waals surface area contributed by atoms with Crippen molar-refractivity contribution in [1.29, 1.82) is 0 Å². The van der Waals surface area contributed by atoms with Gasteiger partial charge in [-0.3, -0.25) is 9.59 Å². The van der Waals surface area contributed by atoms with Gasteiger partial charge in [-0.1, -0.05) is 0 Å². The number of fused-ring (bicyclic) bond motifs is 2. The maximum atomic E-state index is 12.5. The van der Waals surface area contributed by atoms with Crippen LogP contribution in [0.3, 0.4) is 0 Å². The van der Waals surface area contributed by atoms with E-state index in [1.807, 2.05) is 11.5 Å². The van der Waals surface area contributed by atoms with Gasteiger partial charge in [0.25, 0.3) is 5.91 Å². The van der Waals surface area contributed by atoms with Crippen molar-refractivity contribution in [3.05, 3.63) is 42.2 Å². The maximum absolute atomic E-state index is 12.5. The lowest BCUT2D eigenvalue weighted by molar-refractivity contribution is -0.118. The van der Waals surface area contributed by atoms with Gasteiger partial charge in [0, 0.05) is 39.2 Å². The summed E-state index contributed by atoms with van der Waals surface area (Å²) in [7, 11) is -0.597. The van der Waals surface area contributed by atoms with Crippen molar-refractivity contribution in [2.75, 3.05) is 31.3 Å². The van der Waals surface area contributed by atoms with Gasteiger partial charge in [0.1, 0.15) is 11.6 Å². The van der Waals surface area contributed by atoms with E-state index in [1.165, 1.54) is 14.1 Å². The molecule has 2 heterocycles. The third-order valence-electron chi connectivity index (χ3n) is 5.37. The van der Waals surface area contributed by atoms with Gasteiger partial charge in [0.15, 0.2) is 6.61 Å². The highest BCUT2D eigenvalue weighted by molar-refractivity contribution is 7.89. The second-order valence-electron chi connectivity index (χ2n) is 7.81. The number of carbonyl (C=O) groups excluding carboxylic acids is 2. The third-order valence-corrected chi connectivity index (χ3v) is 7.18. The number of amides is 2. The minimum atomic E-state index is -3.56. The fourth-order valence-electron chi connectivity index (χ4n) is 3.68. The van der Waals surface area contributed by atoms with Crippen LogP contribution < -0.4 is 15.4 Å². The standard InChI is InChI=1S/C22H25N5O5S/c1-4-27-18-7-6-15(33(30,31)26(2)3)12-16(18)24-20(27)9-10-21(28)23-14-5-8-19-17(11-14)25-22(29)13-32-19/h5-8,11-12H,4,9-10,13H2,1-3H3,(H,23,28)(H,25,29). The number of imidazole rings is 1. The monoisotopic (exact) mass is 471 g/mol. The van der Waals surface area contributed by atoms with Crippen LogP contribution in [0.15, 0.2) is 41.3 Å². The number of aromatic nitrogens is 2. The Morgan fingerprint density at radius 1 is 1.24 bits per heavy atom. The molecule has 4 rings (SSSR count). The molecule has 1 aliphatic rings. The van der Waals surface area contributed by atoms with Gasteiger partial charge < -0.3 is 19.9 Å². The van der Waals surface area contributed by atoms with Gasteiger partial charge >= 0.3 is 0 Å². The number of carbonyl (C=O) groups is 2. The SMILES string of the molecule is CCn1c(CCC(=O)Nc2ccc3c(c2)NC(=O)CO3)nc2cc(S(=O)(=O)N(C)C)ccc21. The van der Waals surface area contributed by atoms with Crippen LogP contribution in [0.2, 0.25) is 0 Å². The maximum Gasteiger partial charge on any atom is 0.262 e. The predicted octanol–water partition coefficient (Wildman–Crippen LogP) is 2.21. The smallest absolute Gasteiger partial charge is 0.262 e. The van der Waals surface area contributed by atoms with Crippen LogP contribution in [-0.4, -0.2) is 54.8 Å². The van der Waals surface area contributed by atoms with E-state index in [2.05, 4.69) is 15.6 Å². The van der Waals surface area contributed by atoms with E-state index < -0.39 is 10.0 Å². The van der Waals surface area contributed by atoms with Crippen LogP contribution in [0, 0.1) is 0 Å². The molecule has 10 nitrogen and oxygen atoms in total. The van der Waals surface area contributed by atoms with Gasteiger partial charge in [-0.2, -0.15) is 0 Å². The van der Waals surface area contributed by atoms with Gasteiger partial charge in [0.05, 0.1) is 21.6 Å². The highest BCUT2D eigenvalue weighted by Crippen LogP contribution is 2.30. The van der Waals surface area contributed by atoms with E-state index in [4.69, 9.17) is 4.74 Å². The summed E-state index contributed by atoms with van der Waals surface area (Å²) in [6, 6.07) is 9.93. The highest BCUT2D eigenvalue weighted by Gasteiger charge is 2.20. The lowest BCUT2D eigenvalue weighted by Gasteiger charge is -2.18. The molecule has 0 unspecified atom stereocenters. The zero-order valence-corrected chi connectivity index (χ0v) is 19.4. The molecule has 2 aromatic carbocycles. The molecule has 2 amide bonds. The normalized spacial score (nSPS) is 13.5. The molecule has 3 aromatic rings. The molecular formula is C22H25N5O5S. The number of benzene rings is 2. The van der Waals surface area contributed by atoms with Gasteiger partial charge in [-0.25, -0.2) is 17.7 Å². The Bertz CT molecular complexity index is 1350. The first kappa shape index (κ1) is 22.7. The van der Waals surface area contributed by atoms with Crippen molar-refractivity contribution >= 4 is 44.2 Å². The number of aryl methyl sites for hydroxylation is 2. The zero-order valence-electron chi connectivity index (χ0n) is 18.6. The van der Waals surface area contributed by atoms with E-state index in [9.17, 15) is 18.0 Å². The lowest BCUT2D eigenvalue weighted by Crippen LogP contribution is -2.25. The molecule has 2 N–H and O–H groups in total. The first-order valence-corrected chi connectivity index (χ1v) is 11.9. The molecule has 11 heteroatoms. The Morgan fingerprint density at radius 2 is 2.03 bits per heavy atom. The summed E-state index contributed by atoms with van der Waals surface area (Å²) in [5, 5.41) is 5.53. The summed E-state index contributed by atoms with van der Waals surface area (Å²) in [5.74, 6) is 0.808. The van der Waals surface area contributed by atoms with E-state index >= 15 is 0 Å². The van der Waals surface area contributed by atoms with E-state index in [0.717, 1.165) is 9.82 Å². The summed E-state index contributed by atoms with van der Waals surface area (Å²) in [6.45, 7) is 2.58. The van der Waals surface area contributed by atoms with Crippen molar-refractivity contribution in [2.45, 2.75) is 31.2 Å². The molecule has 0 spiro atoms. The summed E-state index contributed by atoms with van der Waals surface area (Å²) >= 11 is 0. The molecule has 0 saturated carbocycles. The summed E-state index contributed by atoms with van der Waals surface area (Å²) in [4.78, 5) is 28.8. The van der Waals surface area contributed by atoms with E-state index in [1.54, 1.807) is 36.4 Å². The molecule has 0 aliphatic carbocycles. The van der Waals surface area contributed by atoms with Gasteiger partial charge in [-0.15, -0.1) is 0 Å². The van der Waals surface area contributed by atoms with E-state index in [0.29, 0.717) is 41.4 Å². The average Bonchev–Trinajstić information content (AvgIpc) is 3.14. The Morgan fingerprint density at radius 3 is 2.76 bits per heavy atom. The van der Waals surface area contributed by atoms with Gasteiger partial charge in [-0.05, 0) is 43.3 Å². The molecule has 0 radical (unpaired) electrons. The van der Waals surface area contributed by atoms with Crippen molar-refractivity contribution in [1.82, 2.24) is 13.9 Å². The Hall–Kier alpha value is -3.44. The van der Waals surface area contributed by atoms with Crippen LogP contribution in [0.1, 0.15) is 19.2 Å². The Kier molecular flexibility index (Phi) is 6.09. The number of sulfonamides is 1. The first-order chi connectivity index (χ1) is 15.7. The summed E-state index contributed by atoms with van der Waals surface area (Å²) in [5.41, 5.74) is 2.45. The Labute approximate surface area is 191 Å². The molecule has 33 heavy (non-hydrogen) atoms. The van der Waals surface area contributed by atoms with Crippen molar-refractivity contribution in [3.63, 3.8) is 0 Å². The molecule has 0 atom stereocenters. The third kappa shape index (κ3) is 4.55. The lowest BCUT2D eigenvalue weighted by atomic mass is 10.2. The highest BCUT2D eigenvalue weighted by atomic mass is 32.2. The Balaban J connectivity index is 1.49. The largest absolute Gasteiger partial charge is 0.482 e. The fraction of sp³-hybridized carbons (Fsp3) is 0.318. The number of hydrogen-bond acceptors (Lipinski definition) is 6. The molecule has 0 fully saturated rings. The molecule has 0 bridgehead atoms. The second-order valence-corrected chi connectivity index (χ2v) is 9.96. The minimum absolute atomic E-state index is 0.0281. The number of ether oxygens (including phenoxy) is 1. The number of nitrogens with zero attached hydrogens (tertiary/aromatic N) is 3.